The zero-order valence-electron chi connectivity index (χ0n) is 15.9. The lowest BCUT2D eigenvalue weighted by molar-refractivity contribution is -0.116. The zero-order chi connectivity index (χ0) is 19.9. The highest BCUT2D eigenvalue weighted by atomic mass is 35.5. The molecule has 0 saturated heterocycles. The number of rotatable bonds is 8. The van der Waals surface area contributed by atoms with Gasteiger partial charge in [-0.15, -0.1) is 16.9 Å². The first-order valence-corrected chi connectivity index (χ1v) is 10.4. The topological polar surface area (TPSA) is 68.0 Å². The Bertz CT molecular complexity index is 941. The third kappa shape index (κ3) is 6.11. The standard InChI is InChI=1S/C21H22ClN3O2S/c1-14-5-6-16(12-15(14)2)13-20-24-25-21(27-20)23-19(26)4-3-11-28-18-9-7-17(22)8-10-18/h5-10,12H,3-4,11,13H2,1-2H3,(H,23,25,26). The van der Waals surface area contributed by atoms with Crippen LogP contribution in [-0.2, 0) is 11.2 Å². The molecule has 0 saturated carbocycles. The highest BCUT2D eigenvalue weighted by molar-refractivity contribution is 7.99. The van der Waals surface area contributed by atoms with Gasteiger partial charge in [-0.25, -0.2) is 0 Å². The van der Waals surface area contributed by atoms with E-state index in [4.69, 9.17) is 16.0 Å². The van der Waals surface area contributed by atoms with Gasteiger partial charge in [-0.05, 0) is 67.0 Å². The first-order valence-electron chi connectivity index (χ1n) is 9.06. The Kier molecular flexibility index (Phi) is 7.12. The molecule has 5 nitrogen and oxygen atoms in total. The SMILES string of the molecule is Cc1ccc(Cc2nnc(NC(=O)CCCSc3ccc(Cl)cc3)o2)cc1C. The van der Waals surface area contributed by atoms with Crippen molar-refractivity contribution < 1.29 is 9.21 Å². The lowest BCUT2D eigenvalue weighted by Gasteiger charge is -2.03. The molecule has 0 aliphatic heterocycles. The molecule has 28 heavy (non-hydrogen) atoms. The normalized spacial score (nSPS) is 10.8. The smallest absolute Gasteiger partial charge is 0.322 e. The van der Waals surface area contributed by atoms with Crippen LogP contribution in [-0.4, -0.2) is 21.9 Å². The minimum absolute atomic E-state index is 0.127. The van der Waals surface area contributed by atoms with E-state index < -0.39 is 0 Å². The van der Waals surface area contributed by atoms with Crippen molar-refractivity contribution in [2.24, 2.45) is 0 Å². The van der Waals surface area contributed by atoms with E-state index in [2.05, 4.69) is 41.5 Å². The van der Waals surface area contributed by atoms with E-state index in [-0.39, 0.29) is 11.9 Å². The molecule has 0 atom stereocenters. The summed E-state index contributed by atoms with van der Waals surface area (Å²) in [6.07, 6.45) is 1.69. The summed E-state index contributed by atoms with van der Waals surface area (Å²) >= 11 is 7.56. The minimum Gasteiger partial charge on any atom is -0.407 e. The van der Waals surface area contributed by atoms with Crippen LogP contribution < -0.4 is 5.32 Å². The second kappa shape index (κ2) is 9.75. The maximum absolute atomic E-state index is 12.1. The van der Waals surface area contributed by atoms with Gasteiger partial charge in [0.2, 0.25) is 11.8 Å². The van der Waals surface area contributed by atoms with Crippen molar-refractivity contribution in [1.29, 1.82) is 0 Å². The van der Waals surface area contributed by atoms with E-state index in [1.807, 2.05) is 30.3 Å². The number of nitrogens with zero attached hydrogens (tertiary/aromatic N) is 2. The maximum atomic E-state index is 12.1. The molecular weight excluding hydrogens is 394 g/mol. The third-order valence-electron chi connectivity index (χ3n) is 4.27. The van der Waals surface area contributed by atoms with E-state index in [1.165, 1.54) is 11.1 Å². The van der Waals surface area contributed by atoms with Gasteiger partial charge in [0.05, 0.1) is 6.42 Å². The number of carbonyl (C=O) groups is 1. The summed E-state index contributed by atoms with van der Waals surface area (Å²) < 4.78 is 5.54. The molecule has 7 heteroatoms. The molecular formula is C21H22ClN3O2S. The Hall–Kier alpha value is -2.31. The van der Waals surface area contributed by atoms with Crippen molar-refractivity contribution in [3.05, 3.63) is 70.1 Å². The van der Waals surface area contributed by atoms with Crippen LogP contribution in [0.3, 0.4) is 0 Å². The van der Waals surface area contributed by atoms with Crippen molar-refractivity contribution in [3.63, 3.8) is 0 Å². The van der Waals surface area contributed by atoms with Gasteiger partial charge in [0.1, 0.15) is 0 Å². The van der Waals surface area contributed by atoms with Crippen LogP contribution >= 0.6 is 23.4 Å². The summed E-state index contributed by atoms with van der Waals surface area (Å²) in [5, 5.41) is 11.3. The molecule has 3 aromatic rings. The second-order valence-electron chi connectivity index (χ2n) is 6.55. The van der Waals surface area contributed by atoms with Crippen LogP contribution in [0.2, 0.25) is 5.02 Å². The molecule has 0 aliphatic carbocycles. The molecule has 1 heterocycles. The summed E-state index contributed by atoms with van der Waals surface area (Å²) in [6.45, 7) is 4.15. The molecule has 0 fully saturated rings. The number of thioether (sulfide) groups is 1. The van der Waals surface area contributed by atoms with Crippen molar-refractivity contribution >= 4 is 35.3 Å². The number of nitrogens with one attached hydrogen (secondary N) is 1. The number of aromatic nitrogens is 2. The van der Waals surface area contributed by atoms with Crippen LogP contribution in [0, 0.1) is 13.8 Å². The fourth-order valence-electron chi connectivity index (χ4n) is 2.60. The molecule has 1 amide bonds. The number of amides is 1. The first kappa shape index (κ1) is 20.4. The van der Waals surface area contributed by atoms with E-state index in [0.29, 0.717) is 18.7 Å². The van der Waals surface area contributed by atoms with Crippen LogP contribution in [0.25, 0.3) is 0 Å². The van der Waals surface area contributed by atoms with Crippen LogP contribution in [0.1, 0.15) is 35.4 Å². The van der Waals surface area contributed by atoms with Gasteiger partial charge in [0, 0.05) is 16.3 Å². The average molecular weight is 416 g/mol. The summed E-state index contributed by atoms with van der Waals surface area (Å²) in [7, 11) is 0. The number of carbonyl (C=O) groups excluding carboxylic acids is 1. The number of hydrogen-bond donors (Lipinski definition) is 1. The zero-order valence-corrected chi connectivity index (χ0v) is 17.4. The monoisotopic (exact) mass is 415 g/mol. The number of hydrogen-bond acceptors (Lipinski definition) is 5. The fraction of sp³-hybridized carbons (Fsp3) is 0.286. The van der Waals surface area contributed by atoms with Crippen LogP contribution in [0.5, 0.6) is 0 Å². The molecule has 0 bridgehead atoms. The summed E-state index contributed by atoms with van der Waals surface area (Å²) in [5.74, 6) is 1.20. The highest BCUT2D eigenvalue weighted by Gasteiger charge is 2.11. The van der Waals surface area contributed by atoms with Gasteiger partial charge >= 0.3 is 6.01 Å². The third-order valence-corrected chi connectivity index (χ3v) is 5.62. The second-order valence-corrected chi connectivity index (χ2v) is 8.16. The lowest BCUT2D eigenvalue weighted by Crippen LogP contribution is -2.11. The Balaban J connectivity index is 1.42. The summed E-state index contributed by atoms with van der Waals surface area (Å²) in [6, 6.07) is 14.0. The largest absolute Gasteiger partial charge is 0.407 e. The molecule has 0 spiro atoms. The molecule has 1 N–H and O–H groups in total. The molecule has 0 unspecified atom stereocenters. The first-order chi connectivity index (χ1) is 13.5. The van der Waals surface area contributed by atoms with Gasteiger partial charge in [0.15, 0.2) is 0 Å². The number of anilines is 1. The predicted molar refractivity (Wildman–Crippen MR) is 113 cm³/mol. The van der Waals surface area contributed by atoms with Crippen LogP contribution in [0.4, 0.5) is 6.01 Å². The van der Waals surface area contributed by atoms with E-state index >= 15 is 0 Å². The maximum Gasteiger partial charge on any atom is 0.322 e. The average Bonchev–Trinajstić information content (AvgIpc) is 3.10. The van der Waals surface area contributed by atoms with E-state index in [0.717, 1.165) is 27.7 Å². The van der Waals surface area contributed by atoms with Gasteiger partial charge in [0.25, 0.3) is 0 Å². The molecule has 0 aliphatic rings. The Labute approximate surface area is 173 Å². The van der Waals surface area contributed by atoms with Crippen molar-refractivity contribution in [1.82, 2.24) is 10.2 Å². The van der Waals surface area contributed by atoms with Crippen molar-refractivity contribution in [2.45, 2.75) is 38.0 Å². The Morgan fingerprint density at radius 3 is 2.64 bits per heavy atom. The Morgan fingerprint density at radius 2 is 1.89 bits per heavy atom. The molecule has 3 rings (SSSR count). The number of benzene rings is 2. The quantitative estimate of drug-likeness (QED) is 0.391. The summed E-state index contributed by atoms with van der Waals surface area (Å²) in [4.78, 5) is 13.2. The molecule has 146 valence electrons. The number of aryl methyl sites for hydroxylation is 2. The van der Waals surface area contributed by atoms with Crippen molar-refractivity contribution in [2.75, 3.05) is 11.1 Å². The Morgan fingerprint density at radius 1 is 1.11 bits per heavy atom. The van der Waals surface area contributed by atoms with Gasteiger partial charge in [-0.1, -0.05) is 34.9 Å². The van der Waals surface area contributed by atoms with Crippen molar-refractivity contribution in [3.8, 4) is 0 Å². The van der Waals surface area contributed by atoms with Gasteiger partial charge in [-0.3, -0.25) is 10.1 Å². The molecule has 2 aromatic carbocycles. The fourth-order valence-corrected chi connectivity index (χ4v) is 3.58. The predicted octanol–water partition coefficient (Wildman–Crippen LogP) is 5.44. The minimum atomic E-state index is -0.127. The summed E-state index contributed by atoms with van der Waals surface area (Å²) in [5.41, 5.74) is 3.57. The van der Waals surface area contributed by atoms with Crippen LogP contribution in [0.15, 0.2) is 51.8 Å². The van der Waals surface area contributed by atoms with E-state index in [1.54, 1.807) is 11.8 Å². The number of halogens is 1. The highest BCUT2D eigenvalue weighted by Crippen LogP contribution is 2.21. The van der Waals surface area contributed by atoms with E-state index in [9.17, 15) is 4.79 Å². The van der Waals surface area contributed by atoms with Gasteiger partial charge in [-0.2, -0.15) is 0 Å². The molecule has 1 aromatic heterocycles. The van der Waals surface area contributed by atoms with Gasteiger partial charge < -0.3 is 4.42 Å². The lowest BCUT2D eigenvalue weighted by atomic mass is 10.0. The molecule has 0 radical (unpaired) electrons.